The third kappa shape index (κ3) is 3.14. The number of likely N-dealkylation sites (N-methyl/N-ethyl adjacent to an activating group) is 1. The second-order valence-electron chi connectivity index (χ2n) is 5.76. The highest BCUT2D eigenvalue weighted by Gasteiger charge is 2.17. The van der Waals surface area contributed by atoms with Gasteiger partial charge in [-0.3, -0.25) is 4.79 Å². The van der Waals surface area contributed by atoms with Gasteiger partial charge in [0, 0.05) is 44.1 Å². The summed E-state index contributed by atoms with van der Waals surface area (Å²) in [6, 6.07) is 7.55. The Morgan fingerprint density at radius 2 is 1.55 bits per heavy atom. The van der Waals surface area contributed by atoms with Crippen molar-refractivity contribution in [1.82, 2.24) is 14.9 Å². The molecule has 5 heteroatoms. The first-order valence-corrected chi connectivity index (χ1v) is 7.50. The number of carbonyl (C=O) groups excluding carboxylic acids is 1. The number of nitrogens with zero attached hydrogens (tertiary/aromatic N) is 4. The molecule has 0 unspecified atom stereocenters. The fraction of sp³-hybridized carbons (Fsp3) is 0.353. The number of carbonyl (C=O) groups is 1. The molecule has 1 saturated heterocycles. The molecule has 0 N–H and O–H groups in total. The molecule has 3 rings (SSSR count). The van der Waals surface area contributed by atoms with Crippen molar-refractivity contribution < 1.29 is 4.79 Å². The van der Waals surface area contributed by atoms with Crippen LogP contribution in [0, 0.1) is 6.92 Å². The van der Waals surface area contributed by atoms with Crippen LogP contribution in [0.5, 0.6) is 0 Å². The smallest absolute Gasteiger partial charge is 0.225 e. The van der Waals surface area contributed by atoms with Crippen LogP contribution in [0.1, 0.15) is 21.5 Å². The predicted molar refractivity (Wildman–Crippen MR) is 86.4 cm³/mol. The molecule has 1 aliphatic rings. The molecule has 1 aromatic heterocycles. The van der Waals surface area contributed by atoms with Crippen LogP contribution in [0.3, 0.4) is 0 Å². The number of anilines is 1. The van der Waals surface area contributed by atoms with Crippen LogP contribution in [0.25, 0.3) is 0 Å². The second-order valence-corrected chi connectivity index (χ2v) is 5.76. The van der Waals surface area contributed by atoms with Crippen LogP contribution >= 0.6 is 0 Å². The Morgan fingerprint density at radius 1 is 0.955 bits per heavy atom. The maximum absolute atomic E-state index is 12.4. The fourth-order valence-corrected chi connectivity index (χ4v) is 2.48. The Morgan fingerprint density at radius 3 is 2.14 bits per heavy atom. The zero-order chi connectivity index (χ0) is 15.5. The summed E-state index contributed by atoms with van der Waals surface area (Å²) in [4.78, 5) is 25.6. The lowest BCUT2D eigenvalue weighted by Crippen LogP contribution is -2.45. The molecule has 0 amide bonds. The molecule has 1 fully saturated rings. The molecule has 0 bridgehead atoms. The molecule has 0 aliphatic carbocycles. The van der Waals surface area contributed by atoms with Crippen LogP contribution in [-0.4, -0.2) is 53.9 Å². The summed E-state index contributed by atoms with van der Waals surface area (Å²) < 4.78 is 0. The van der Waals surface area contributed by atoms with E-state index < -0.39 is 0 Å². The first-order chi connectivity index (χ1) is 10.6. The molecule has 1 aromatic carbocycles. The van der Waals surface area contributed by atoms with Gasteiger partial charge in [-0.25, -0.2) is 9.97 Å². The predicted octanol–water partition coefficient (Wildman–Crippen LogP) is 1.77. The molecule has 0 saturated carbocycles. The zero-order valence-corrected chi connectivity index (χ0v) is 13.0. The number of ketones is 1. The molecule has 1 aliphatic heterocycles. The minimum absolute atomic E-state index is 0.0371. The lowest BCUT2D eigenvalue weighted by molar-refractivity contribution is 0.103. The average Bonchev–Trinajstić information content (AvgIpc) is 2.56. The van der Waals surface area contributed by atoms with Crippen molar-refractivity contribution in [1.29, 1.82) is 0 Å². The van der Waals surface area contributed by atoms with E-state index in [0.29, 0.717) is 17.1 Å². The number of hydrogen-bond acceptors (Lipinski definition) is 5. The first kappa shape index (κ1) is 14.7. The van der Waals surface area contributed by atoms with E-state index in [4.69, 9.17) is 0 Å². The summed E-state index contributed by atoms with van der Waals surface area (Å²) in [6.07, 6.45) is 3.26. The van der Waals surface area contributed by atoms with Gasteiger partial charge in [0.2, 0.25) is 5.95 Å². The molecule has 114 valence electrons. The summed E-state index contributed by atoms with van der Waals surface area (Å²) >= 11 is 0. The van der Waals surface area contributed by atoms with Crippen molar-refractivity contribution in [2.45, 2.75) is 6.92 Å². The largest absolute Gasteiger partial charge is 0.338 e. The Hall–Kier alpha value is -2.27. The van der Waals surface area contributed by atoms with Gasteiger partial charge in [0.05, 0.1) is 5.56 Å². The summed E-state index contributed by atoms with van der Waals surface area (Å²) in [7, 11) is 2.11. The number of aromatic nitrogens is 2. The van der Waals surface area contributed by atoms with Crippen LogP contribution in [0.4, 0.5) is 5.95 Å². The lowest BCUT2D eigenvalue weighted by atomic mass is 10.0. The van der Waals surface area contributed by atoms with E-state index in [-0.39, 0.29) is 5.78 Å². The Kier molecular flexibility index (Phi) is 4.15. The topological polar surface area (TPSA) is 49.3 Å². The van der Waals surface area contributed by atoms with Gasteiger partial charge in [0.25, 0.3) is 0 Å². The van der Waals surface area contributed by atoms with Gasteiger partial charge in [-0.05, 0) is 14.0 Å². The number of aryl methyl sites for hydroxylation is 1. The highest BCUT2D eigenvalue weighted by atomic mass is 16.1. The van der Waals surface area contributed by atoms with Gasteiger partial charge in [0.15, 0.2) is 5.78 Å². The zero-order valence-electron chi connectivity index (χ0n) is 13.0. The van der Waals surface area contributed by atoms with Crippen LogP contribution in [-0.2, 0) is 0 Å². The Balaban J connectivity index is 1.73. The first-order valence-electron chi connectivity index (χ1n) is 7.50. The van der Waals surface area contributed by atoms with E-state index in [1.165, 1.54) is 0 Å². The second kappa shape index (κ2) is 6.23. The van der Waals surface area contributed by atoms with Crippen molar-refractivity contribution in [3.05, 3.63) is 53.3 Å². The molecule has 0 spiro atoms. The Bertz CT molecular complexity index is 643. The van der Waals surface area contributed by atoms with Crippen molar-refractivity contribution in [3.63, 3.8) is 0 Å². The summed E-state index contributed by atoms with van der Waals surface area (Å²) in [6.45, 7) is 5.85. The monoisotopic (exact) mass is 296 g/mol. The van der Waals surface area contributed by atoms with Crippen molar-refractivity contribution >= 4 is 11.7 Å². The minimum atomic E-state index is -0.0371. The maximum atomic E-state index is 12.4. The standard InChI is InChI=1S/C17H20N4O/c1-13-3-5-14(6-4-13)16(22)15-11-18-17(19-12-15)21-9-7-20(2)8-10-21/h3-6,11-12H,7-10H2,1-2H3. The van der Waals surface area contributed by atoms with Gasteiger partial charge < -0.3 is 9.80 Å². The molecule has 2 aromatic rings. The van der Waals surface area contributed by atoms with Crippen LogP contribution < -0.4 is 4.90 Å². The molecule has 0 atom stereocenters. The summed E-state index contributed by atoms with van der Waals surface area (Å²) in [5.41, 5.74) is 2.33. The summed E-state index contributed by atoms with van der Waals surface area (Å²) in [5.74, 6) is 0.665. The highest BCUT2D eigenvalue weighted by molar-refractivity contribution is 6.08. The van der Waals surface area contributed by atoms with Crippen molar-refractivity contribution in [3.8, 4) is 0 Å². The van der Waals surface area contributed by atoms with E-state index in [1.54, 1.807) is 12.4 Å². The summed E-state index contributed by atoms with van der Waals surface area (Å²) in [5, 5.41) is 0. The number of piperazine rings is 1. The quantitative estimate of drug-likeness (QED) is 0.808. The normalized spacial score (nSPS) is 15.8. The third-order valence-electron chi connectivity index (χ3n) is 4.00. The van der Waals surface area contributed by atoms with E-state index in [0.717, 1.165) is 31.7 Å². The van der Waals surface area contributed by atoms with E-state index in [9.17, 15) is 4.79 Å². The SMILES string of the molecule is Cc1ccc(C(=O)c2cnc(N3CCN(C)CC3)nc2)cc1. The third-order valence-corrected chi connectivity index (χ3v) is 4.00. The van der Waals surface area contributed by atoms with E-state index >= 15 is 0 Å². The van der Waals surface area contributed by atoms with E-state index in [1.807, 2.05) is 31.2 Å². The highest BCUT2D eigenvalue weighted by Crippen LogP contribution is 2.13. The molecule has 0 radical (unpaired) electrons. The molecular weight excluding hydrogens is 276 g/mol. The molecule has 5 nitrogen and oxygen atoms in total. The van der Waals surface area contributed by atoms with Crippen LogP contribution in [0.2, 0.25) is 0 Å². The van der Waals surface area contributed by atoms with Gasteiger partial charge in [-0.1, -0.05) is 29.8 Å². The van der Waals surface area contributed by atoms with Crippen LogP contribution in [0.15, 0.2) is 36.7 Å². The van der Waals surface area contributed by atoms with Crippen molar-refractivity contribution in [2.75, 3.05) is 38.1 Å². The lowest BCUT2D eigenvalue weighted by Gasteiger charge is -2.32. The van der Waals surface area contributed by atoms with Gasteiger partial charge in [-0.15, -0.1) is 0 Å². The Labute approximate surface area is 130 Å². The minimum Gasteiger partial charge on any atom is -0.338 e. The number of hydrogen-bond donors (Lipinski definition) is 0. The van der Waals surface area contributed by atoms with E-state index in [2.05, 4.69) is 26.8 Å². The molecule has 2 heterocycles. The number of rotatable bonds is 3. The molecule has 22 heavy (non-hydrogen) atoms. The van der Waals surface area contributed by atoms with Gasteiger partial charge in [-0.2, -0.15) is 0 Å². The van der Waals surface area contributed by atoms with Gasteiger partial charge in [0.1, 0.15) is 0 Å². The average molecular weight is 296 g/mol. The van der Waals surface area contributed by atoms with Gasteiger partial charge >= 0.3 is 0 Å². The molecular formula is C17H20N4O. The maximum Gasteiger partial charge on any atom is 0.225 e. The number of benzene rings is 1. The fourth-order valence-electron chi connectivity index (χ4n) is 2.48. The van der Waals surface area contributed by atoms with Crippen molar-refractivity contribution in [2.24, 2.45) is 0 Å².